The lowest BCUT2D eigenvalue weighted by Crippen LogP contribution is -2.19. The smallest absolute Gasteiger partial charge is 0.0463 e. The maximum absolute atomic E-state index is 2.35. The van der Waals surface area contributed by atoms with Gasteiger partial charge in [0.25, 0.3) is 0 Å². The van der Waals surface area contributed by atoms with E-state index < -0.39 is 0 Å². The van der Waals surface area contributed by atoms with Crippen LogP contribution in [0.5, 0.6) is 0 Å². The Kier molecular flexibility index (Phi) is 5.27. The third-order valence-corrected chi connectivity index (χ3v) is 6.97. The summed E-state index contributed by atoms with van der Waals surface area (Å²) < 4.78 is 0. The van der Waals surface area contributed by atoms with E-state index in [1.807, 2.05) is 0 Å². The molecule has 0 radical (unpaired) electrons. The lowest BCUT2D eigenvalue weighted by Gasteiger charge is -2.28. The minimum absolute atomic E-state index is 0.693. The number of nitrogens with zero attached hydrogens (tertiary/aromatic N) is 2. The minimum Gasteiger partial charge on any atom is -0.348 e. The number of fused-ring (bicyclic) bond motifs is 1. The number of hydrogen-bond acceptors (Lipinski definition) is 2. The summed E-state index contributed by atoms with van der Waals surface area (Å²) in [5.74, 6) is 1.44. The van der Waals surface area contributed by atoms with Crippen molar-refractivity contribution in [2.75, 3.05) is 16.8 Å². The standard InChI is InChI=1S/C32H28N2/c1-33(32-14-8-11-26-23-31(26)32)27-19-21-30(22-20-27)34(28-12-6-3-7-13-28)29-17-15-25(16-18-29)24-9-4-2-5-10-24/h2-22,26,31H,23H2,1H3. The number of rotatable bonds is 6. The zero-order valence-corrected chi connectivity index (χ0v) is 19.4. The van der Waals surface area contributed by atoms with Crippen LogP contribution in [0.3, 0.4) is 0 Å². The maximum atomic E-state index is 2.35. The van der Waals surface area contributed by atoms with Crippen molar-refractivity contribution < 1.29 is 0 Å². The first-order chi connectivity index (χ1) is 16.8. The summed E-state index contributed by atoms with van der Waals surface area (Å²) in [7, 11) is 2.19. The highest BCUT2D eigenvalue weighted by atomic mass is 15.1. The molecular weight excluding hydrogens is 412 g/mol. The monoisotopic (exact) mass is 440 g/mol. The van der Waals surface area contributed by atoms with Gasteiger partial charge in [-0.25, -0.2) is 0 Å². The summed E-state index contributed by atoms with van der Waals surface area (Å²) in [6.07, 6.45) is 8.11. The molecule has 2 unspecified atom stereocenters. The van der Waals surface area contributed by atoms with Gasteiger partial charge < -0.3 is 9.80 Å². The van der Waals surface area contributed by atoms with Gasteiger partial charge in [0.05, 0.1) is 0 Å². The fourth-order valence-electron chi connectivity index (χ4n) is 4.98. The number of para-hydroxylation sites is 1. The average Bonchev–Trinajstić information content (AvgIpc) is 3.71. The highest BCUT2D eigenvalue weighted by molar-refractivity contribution is 5.79. The number of hydrogen-bond donors (Lipinski definition) is 0. The molecule has 0 bridgehead atoms. The Bertz CT molecular complexity index is 1320. The van der Waals surface area contributed by atoms with Crippen LogP contribution in [-0.2, 0) is 0 Å². The zero-order chi connectivity index (χ0) is 22.9. The number of allylic oxidation sites excluding steroid dienone is 4. The normalized spacial score (nSPS) is 18.1. The van der Waals surface area contributed by atoms with E-state index in [-0.39, 0.29) is 0 Å². The Hall–Kier alpha value is -4.04. The van der Waals surface area contributed by atoms with E-state index in [1.54, 1.807) is 0 Å². The molecule has 0 saturated heterocycles. The predicted octanol–water partition coefficient (Wildman–Crippen LogP) is 8.35. The maximum Gasteiger partial charge on any atom is 0.0463 e. The molecule has 0 N–H and O–H groups in total. The second-order valence-electron chi connectivity index (χ2n) is 9.14. The molecule has 4 aromatic carbocycles. The molecule has 0 aromatic heterocycles. The molecule has 2 atom stereocenters. The Morgan fingerprint density at radius 1 is 0.588 bits per heavy atom. The summed E-state index contributed by atoms with van der Waals surface area (Å²) in [4.78, 5) is 4.66. The van der Waals surface area contributed by atoms with Crippen LogP contribution in [0.4, 0.5) is 22.7 Å². The molecule has 0 spiro atoms. The van der Waals surface area contributed by atoms with Crippen molar-refractivity contribution in [1.82, 2.24) is 0 Å². The summed E-state index contributed by atoms with van der Waals surface area (Å²) in [5, 5.41) is 0. The van der Waals surface area contributed by atoms with Gasteiger partial charge in [0.1, 0.15) is 0 Å². The van der Waals surface area contributed by atoms with Crippen LogP contribution >= 0.6 is 0 Å². The number of benzene rings is 4. The lowest BCUT2D eigenvalue weighted by atomic mass is 10.0. The van der Waals surface area contributed by atoms with Crippen LogP contribution in [0, 0.1) is 11.8 Å². The van der Waals surface area contributed by atoms with E-state index in [9.17, 15) is 0 Å². The molecule has 2 heteroatoms. The van der Waals surface area contributed by atoms with E-state index >= 15 is 0 Å². The molecule has 2 nitrogen and oxygen atoms in total. The molecule has 0 aliphatic heterocycles. The van der Waals surface area contributed by atoms with Gasteiger partial charge in [-0.3, -0.25) is 0 Å². The fraction of sp³-hybridized carbons (Fsp3) is 0.125. The predicted molar refractivity (Wildman–Crippen MR) is 144 cm³/mol. The van der Waals surface area contributed by atoms with Crippen LogP contribution in [-0.4, -0.2) is 7.05 Å². The van der Waals surface area contributed by atoms with Crippen LogP contribution in [0.1, 0.15) is 6.42 Å². The minimum atomic E-state index is 0.693. The summed E-state index contributed by atoms with van der Waals surface area (Å²) in [6, 6.07) is 38.9. The van der Waals surface area contributed by atoms with Gasteiger partial charge in [0.2, 0.25) is 0 Å². The SMILES string of the molecule is CN(C1=CC=CC2CC12)c1ccc(N(c2ccccc2)c2ccc(-c3ccccc3)cc2)cc1. The van der Waals surface area contributed by atoms with Crippen molar-refractivity contribution in [2.45, 2.75) is 6.42 Å². The van der Waals surface area contributed by atoms with Crippen molar-refractivity contribution in [2.24, 2.45) is 11.8 Å². The van der Waals surface area contributed by atoms with Crippen LogP contribution in [0.15, 0.2) is 133 Å². The highest BCUT2D eigenvalue weighted by Crippen LogP contribution is 2.49. The lowest BCUT2D eigenvalue weighted by molar-refractivity contribution is 0.852. The van der Waals surface area contributed by atoms with Crippen LogP contribution in [0.2, 0.25) is 0 Å². The first-order valence-electron chi connectivity index (χ1n) is 12.0. The van der Waals surface area contributed by atoms with E-state index in [0.29, 0.717) is 5.92 Å². The third kappa shape index (κ3) is 3.92. The van der Waals surface area contributed by atoms with E-state index in [1.165, 1.54) is 28.9 Å². The molecule has 166 valence electrons. The van der Waals surface area contributed by atoms with Gasteiger partial charge in [-0.05, 0) is 78.1 Å². The first-order valence-corrected chi connectivity index (χ1v) is 12.0. The van der Waals surface area contributed by atoms with Gasteiger partial charge in [0.15, 0.2) is 0 Å². The summed E-state index contributed by atoms with van der Waals surface area (Å²) in [6.45, 7) is 0. The fourth-order valence-corrected chi connectivity index (χ4v) is 4.98. The van der Waals surface area contributed by atoms with Gasteiger partial charge in [-0.1, -0.05) is 72.8 Å². The second kappa shape index (κ2) is 8.72. The second-order valence-corrected chi connectivity index (χ2v) is 9.14. The molecule has 4 aromatic rings. The quantitative estimate of drug-likeness (QED) is 0.297. The van der Waals surface area contributed by atoms with Gasteiger partial charge in [-0.15, -0.1) is 0 Å². The largest absolute Gasteiger partial charge is 0.348 e. The molecule has 6 rings (SSSR count). The van der Waals surface area contributed by atoms with E-state index in [0.717, 1.165) is 23.0 Å². The third-order valence-electron chi connectivity index (χ3n) is 6.97. The van der Waals surface area contributed by atoms with Crippen LogP contribution < -0.4 is 9.80 Å². The molecule has 2 aliphatic rings. The molecule has 1 fully saturated rings. The number of anilines is 4. The summed E-state index contributed by atoms with van der Waals surface area (Å²) in [5.41, 5.74) is 8.56. The zero-order valence-electron chi connectivity index (χ0n) is 19.4. The van der Waals surface area contributed by atoms with Crippen molar-refractivity contribution >= 4 is 22.7 Å². The Labute approximate surface area is 202 Å². The Balaban J connectivity index is 1.32. The van der Waals surface area contributed by atoms with Gasteiger partial charge in [0, 0.05) is 41.4 Å². The first kappa shape index (κ1) is 20.6. The Morgan fingerprint density at radius 2 is 1.12 bits per heavy atom. The molecule has 0 amide bonds. The van der Waals surface area contributed by atoms with Gasteiger partial charge >= 0.3 is 0 Å². The summed E-state index contributed by atoms with van der Waals surface area (Å²) >= 11 is 0. The van der Waals surface area contributed by atoms with E-state index in [2.05, 4.69) is 144 Å². The molecule has 1 saturated carbocycles. The molecule has 0 heterocycles. The molecule has 34 heavy (non-hydrogen) atoms. The highest BCUT2D eigenvalue weighted by Gasteiger charge is 2.40. The van der Waals surface area contributed by atoms with Crippen molar-refractivity contribution in [1.29, 1.82) is 0 Å². The average molecular weight is 441 g/mol. The molecular formula is C32H28N2. The van der Waals surface area contributed by atoms with Crippen LogP contribution in [0.25, 0.3) is 11.1 Å². The van der Waals surface area contributed by atoms with E-state index in [4.69, 9.17) is 0 Å². The van der Waals surface area contributed by atoms with Crippen molar-refractivity contribution in [3.63, 3.8) is 0 Å². The van der Waals surface area contributed by atoms with Crippen molar-refractivity contribution in [3.05, 3.63) is 133 Å². The van der Waals surface area contributed by atoms with Gasteiger partial charge in [-0.2, -0.15) is 0 Å². The van der Waals surface area contributed by atoms with Crippen molar-refractivity contribution in [3.8, 4) is 11.1 Å². The molecule has 2 aliphatic carbocycles. The Morgan fingerprint density at radius 3 is 1.79 bits per heavy atom. The topological polar surface area (TPSA) is 6.48 Å².